The highest BCUT2D eigenvalue weighted by molar-refractivity contribution is 5.88. The van der Waals surface area contributed by atoms with E-state index in [0.29, 0.717) is 0 Å². The van der Waals surface area contributed by atoms with Crippen molar-refractivity contribution in [3.63, 3.8) is 0 Å². The summed E-state index contributed by atoms with van der Waals surface area (Å²) in [5.74, 6) is 1.09. The molecule has 0 bridgehead atoms. The third-order valence-electron chi connectivity index (χ3n) is 4.60. The van der Waals surface area contributed by atoms with E-state index in [1.165, 1.54) is 12.8 Å². The third kappa shape index (κ3) is 3.73. The molecule has 2 unspecified atom stereocenters. The van der Waals surface area contributed by atoms with Crippen LogP contribution in [0.15, 0.2) is 0 Å². The summed E-state index contributed by atoms with van der Waals surface area (Å²) in [5.41, 5.74) is -0.366. The minimum Gasteiger partial charge on any atom is -0.381 e. The van der Waals surface area contributed by atoms with Gasteiger partial charge in [-0.2, -0.15) is 0 Å². The summed E-state index contributed by atoms with van der Waals surface area (Å²) in [5, 5.41) is 3.52. The van der Waals surface area contributed by atoms with Gasteiger partial charge in [-0.1, -0.05) is 20.3 Å². The van der Waals surface area contributed by atoms with Crippen molar-refractivity contribution < 1.29 is 9.53 Å². The second-order valence-electron chi connectivity index (χ2n) is 6.50. The molecular weight excluding hydrogens is 252 g/mol. The van der Waals surface area contributed by atoms with E-state index < -0.39 is 0 Å². The average molecular weight is 282 g/mol. The maximum absolute atomic E-state index is 12.5. The number of hydrogen-bond donors (Lipinski definition) is 1. The first-order chi connectivity index (χ1) is 9.60. The van der Waals surface area contributed by atoms with Crippen molar-refractivity contribution in [1.82, 2.24) is 10.2 Å². The number of nitrogens with one attached hydrogen (secondary N) is 1. The van der Waals surface area contributed by atoms with Crippen molar-refractivity contribution in [1.29, 1.82) is 0 Å². The predicted octanol–water partition coefficient (Wildman–Crippen LogP) is 2.53. The van der Waals surface area contributed by atoms with Crippen LogP contribution in [-0.2, 0) is 9.53 Å². The Morgan fingerprint density at radius 2 is 2.15 bits per heavy atom. The van der Waals surface area contributed by atoms with E-state index in [0.717, 1.165) is 51.4 Å². The second-order valence-corrected chi connectivity index (χ2v) is 6.50. The van der Waals surface area contributed by atoms with Crippen LogP contribution in [0.4, 0.5) is 0 Å². The lowest BCUT2D eigenvalue weighted by Crippen LogP contribution is -2.43. The molecule has 2 atom stereocenters. The van der Waals surface area contributed by atoms with Crippen LogP contribution in [0, 0.1) is 5.92 Å². The zero-order valence-electron chi connectivity index (χ0n) is 13.3. The normalized spacial score (nSPS) is 30.2. The van der Waals surface area contributed by atoms with Gasteiger partial charge >= 0.3 is 0 Å². The summed E-state index contributed by atoms with van der Waals surface area (Å²) in [6, 6.07) is 0. The molecule has 4 nitrogen and oxygen atoms in total. The number of nitrogens with zero attached hydrogens (tertiary/aromatic N) is 1. The van der Waals surface area contributed by atoms with Crippen LogP contribution in [0.2, 0.25) is 0 Å². The van der Waals surface area contributed by atoms with Crippen molar-refractivity contribution in [2.75, 3.05) is 19.8 Å². The molecule has 1 N–H and O–H groups in total. The topological polar surface area (TPSA) is 41.6 Å². The molecule has 2 rings (SSSR count). The lowest BCUT2D eigenvalue weighted by atomic mass is 9.99. The molecule has 4 heteroatoms. The van der Waals surface area contributed by atoms with E-state index in [4.69, 9.17) is 4.74 Å². The summed E-state index contributed by atoms with van der Waals surface area (Å²) in [4.78, 5) is 14.6. The maximum atomic E-state index is 12.5. The van der Waals surface area contributed by atoms with Crippen molar-refractivity contribution in [3.8, 4) is 0 Å². The van der Waals surface area contributed by atoms with Gasteiger partial charge < -0.3 is 9.64 Å². The van der Waals surface area contributed by atoms with E-state index in [9.17, 15) is 4.79 Å². The van der Waals surface area contributed by atoms with Gasteiger partial charge in [0.05, 0.1) is 11.7 Å². The van der Waals surface area contributed by atoms with Crippen LogP contribution >= 0.6 is 0 Å². The molecule has 0 aromatic heterocycles. The van der Waals surface area contributed by atoms with Gasteiger partial charge in [-0.25, -0.2) is 0 Å². The summed E-state index contributed by atoms with van der Waals surface area (Å²) in [7, 11) is 0. The molecule has 116 valence electrons. The predicted molar refractivity (Wildman–Crippen MR) is 80.4 cm³/mol. The molecule has 1 amide bonds. The molecule has 0 aromatic carbocycles. The van der Waals surface area contributed by atoms with Crippen molar-refractivity contribution in [2.24, 2.45) is 5.92 Å². The summed E-state index contributed by atoms with van der Waals surface area (Å²) in [6.45, 7) is 8.79. The molecule has 0 radical (unpaired) electrons. The van der Waals surface area contributed by atoms with Crippen LogP contribution in [0.5, 0.6) is 0 Å². The average Bonchev–Trinajstić information content (AvgIpc) is 3.22. The Bertz CT molecular complexity index is 330. The maximum Gasteiger partial charge on any atom is 0.243 e. The van der Waals surface area contributed by atoms with Crippen molar-refractivity contribution >= 4 is 5.91 Å². The van der Waals surface area contributed by atoms with E-state index in [-0.39, 0.29) is 17.6 Å². The Morgan fingerprint density at radius 1 is 1.40 bits per heavy atom. The van der Waals surface area contributed by atoms with Gasteiger partial charge in [0, 0.05) is 19.8 Å². The Labute approximate surface area is 123 Å². The first-order valence-electron chi connectivity index (χ1n) is 8.27. The zero-order valence-corrected chi connectivity index (χ0v) is 13.3. The molecule has 0 aromatic rings. The summed E-state index contributed by atoms with van der Waals surface area (Å²) >= 11 is 0. The minimum atomic E-state index is -0.366. The van der Waals surface area contributed by atoms with E-state index in [1.54, 1.807) is 0 Å². The first kappa shape index (κ1) is 15.8. The number of carbonyl (C=O) groups excluding carboxylic acids is 1. The van der Waals surface area contributed by atoms with Crippen molar-refractivity contribution in [2.45, 2.75) is 71.0 Å². The highest BCUT2D eigenvalue weighted by atomic mass is 16.5. The van der Waals surface area contributed by atoms with Crippen LogP contribution < -0.4 is 5.32 Å². The zero-order chi connectivity index (χ0) is 14.6. The summed E-state index contributed by atoms with van der Waals surface area (Å²) < 4.78 is 5.67. The lowest BCUT2D eigenvalue weighted by Gasteiger charge is -2.23. The van der Waals surface area contributed by atoms with Gasteiger partial charge in [0.1, 0.15) is 0 Å². The molecule has 2 aliphatic rings. The van der Waals surface area contributed by atoms with E-state index in [1.807, 2.05) is 11.8 Å². The van der Waals surface area contributed by atoms with Crippen molar-refractivity contribution in [3.05, 3.63) is 0 Å². The smallest absolute Gasteiger partial charge is 0.243 e. The number of amides is 1. The molecule has 0 spiro atoms. The quantitative estimate of drug-likeness (QED) is 0.661. The van der Waals surface area contributed by atoms with Gasteiger partial charge in [-0.15, -0.1) is 0 Å². The Morgan fingerprint density at radius 3 is 2.75 bits per heavy atom. The molecule has 1 saturated carbocycles. The molecule has 1 heterocycles. The standard InChI is InChI=1S/C16H30N2O2/c1-4-7-14-17-16(3,5-2)15(19)18(14)10-6-11-20-12-13-8-9-13/h13-14,17H,4-12H2,1-3H3. The number of hydrogen-bond acceptors (Lipinski definition) is 3. The van der Waals surface area contributed by atoms with E-state index >= 15 is 0 Å². The van der Waals surface area contributed by atoms with Gasteiger partial charge in [0.15, 0.2) is 0 Å². The van der Waals surface area contributed by atoms with Crippen LogP contribution in [0.3, 0.4) is 0 Å². The third-order valence-corrected chi connectivity index (χ3v) is 4.60. The SMILES string of the molecule is CCCC1NC(C)(CC)C(=O)N1CCCOCC1CC1. The number of carbonyl (C=O) groups is 1. The van der Waals surface area contributed by atoms with Crippen LogP contribution in [-0.4, -0.2) is 42.3 Å². The summed E-state index contributed by atoms with van der Waals surface area (Å²) in [6.07, 6.45) is 6.80. The van der Waals surface area contributed by atoms with Crippen LogP contribution in [0.1, 0.15) is 59.3 Å². The fourth-order valence-corrected chi connectivity index (χ4v) is 2.85. The highest BCUT2D eigenvalue weighted by Gasteiger charge is 2.45. The monoisotopic (exact) mass is 282 g/mol. The molecule has 1 saturated heterocycles. The fraction of sp³-hybridized carbons (Fsp3) is 0.938. The first-order valence-corrected chi connectivity index (χ1v) is 8.27. The van der Waals surface area contributed by atoms with E-state index in [2.05, 4.69) is 19.2 Å². The van der Waals surface area contributed by atoms with Gasteiger partial charge in [-0.05, 0) is 44.9 Å². The Kier molecular flexibility index (Phi) is 5.44. The largest absolute Gasteiger partial charge is 0.381 e. The van der Waals surface area contributed by atoms with Crippen LogP contribution in [0.25, 0.3) is 0 Å². The second kappa shape index (κ2) is 6.90. The lowest BCUT2D eigenvalue weighted by molar-refractivity contribution is -0.133. The molecular formula is C16H30N2O2. The fourth-order valence-electron chi connectivity index (χ4n) is 2.85. The molecule has 1 aliphatic carbocycles. The Hall–Kier alpha value is -0.610. The minimum absolute atomic E-state index is 0.209. The highest BCUT2D eigenvalue weighted by Crippen LogP contribution is 2.29. The Balaban J connectivity index is 1.77. The number of ether oxygens (including phenoxy) is 1. The van der Waals surface area contributed by atoms with Gasteiger partial charge in [0.25, 0.3) is 0 Å². The number of rotatable bonds is 9. The molecule has 2 fully saturated rings. The van der Waals surface area contributed by atoms with Gasteiger partial charge in [0.2, 0.25) is 5.91 Å². The van der Waals surface area contributed by atoms with Gasteiger partial charge in [-0.3, -0.25) is 10.1 Å². The molecule has 20 heavy (non-hydrogen) atoms. The molecule has 1 aliphatic heterocycles.